The standard InChI is InChI=1S/C25H27N7O4/c1-25(2,3)36-24(35)31-11-8-15(9-12-31)19-13-20(33)29-22-21-17(5-4-6-18(21)30-32(19)22)28-23(34)16-7-10-26-27-14-16/h4-7,10,13-15H,8-9,11-12H2,1-3H3,(H,28,34)(H,29,33). The number of ether oxygens (including phenoxy) is 1. The minimum Gasteiger partial charge on any atom is -0.444 e. The largest absolute Gasteiger partial charge is 0.444 e. The maximum Gasteiger partial charge on any atom is 0.410 e. The second-order valence-electron chi connectivity index (χ2n) is 9.85. The van der Waals surface area contributed by atoms with Gasteiger partial charge in [-0.05, 0) is 51.8 Å². The first-order chi connectivity index (χ1) is 17.2. The molecular weight excluding hydrogens is 462 g/mol. The minimum absolute atomic E-state index is 0.0312. The van der Waals surface area contributed by atoms with Gasteiger partial charge in [-0.25, -0.2) is 9.31 Å². The summed E-state index contributed by atoms with van der Waals surface area (Å²) in [5, 5.41) is 15.7. The predicted octanol–water partition coefficient (Wildman–Crippen LogP) is 3.33. The molecule has 2 amide bonds. The van der Waals surface area contributed by atoms with Crippen LogP contribution in [0.4, 0.5) is 10.5 Å². The van der Waals surface area contributed by atoms with E-state index in [1.165, 1.54) is 12.4 Å². The first kappa shape index (κ1) is 23.5. The van der Waals surface area contributed by atoms with Crippen LogP contribution < -0.4 is 10.9 Å². The number of piperidine rings is 1. The van der Waals surface area contributed by atoms with Gasteiger partial charge in [-0.15, -0.1) is 0 Å². The van der Waals surface area contributed by atoms with Gasteiger partial charge in [0.15, 0.2) is 0 Å². The van der Waals surface area contributed by atoms with Gasteiger partial charge in [0.25, 0.3) is 11.5 Å². The Balaban J connectivity index is 1.46. The number of hydrogen-bond donors (Lipinski definition) is 2. The zero-order chi connectivity index (χ0) is 25.4. The molecule has 1 aromatic carbocycles. The van der Waals surface area contributed by atoms with E-state index in [1.807, 2.05) is 26.8 Å². The van der Waals surface area contributed by atoms with Crippen LogP contribution in [-0.2, 0) is 4.74 Å². The molecule has 4 heterocycles. The number of rotatable bonds is 3. The molecule has 186 valence electrons. The van der Waals surface area contributed by atoms with Crippen LogP contribution in [0.15, 0.2) is 47.5 Å². The maximum absolute atomic E-state index is 12.7. The molecule has 1 aliphatic rings. The summed E-state index contributed by atoms with van der Waals surface area (Å²) in [7, 11) is 0. The van der Waals surface area contributed by atoms with Gasteiger partial charge in [-0.3, -0.25) is 9.59 Å². The van der Waals surface area contributed by atoms with Crippen molar-refractivity contribution in [3.05, 3.63) is 64.3 Å². The normalized spacial score (nSPS) is 14.8. The predicted molar refractivity (Wildman–Crippen MR) is 133 cm³/mol. The molecule has 4 aromatic rings. The number of aromatic nitrogens is 5. The number of nitrogens with one attached hydrogen (secondary N) is 2. The Bertz CT molecular complexity index is 1500. The quantitative estimate of drug-likeness (QED) is 0.451. The molecular formula is C25H27N7O4. The molecule has 3 aromatic heterocycles. The number of hydrogen-bond acceptors (Lipinski definition) is 7. The third kappa shape index (κ3) is 4.64. The van der Waals surface area contributed by atoms with E-state index in [1.54, 1.807) is 33.7 Å². The highest BCUT2D eigenvalue weighted by atomic mass is 16.6. The van der Waals surface area contributed by atoms with Crippen LogP contribution in [-0.4, -0.2) is 60.4 Å². The Morgan fingerprint density at radius 1 is 1.14 bits per heavy atom. The second kappa shape index (κ2) is 9.06. The van der Waals surface area contributed by atoms with Crippen molar-refractivity contribution in [1.82, 2.24) is 29.7 Å². The lowest BCUT2D eigenvalue weighted by Crippen LogP contribution is -2.41. The number of benzene rings is 1. The van der Waals surface area contributed by atoms with Crippen LogP contribution in [0.5, 0.6) is 0 Å². The van der Waals surface area contributed by atoms with E-state index in [-0.39, 0.29) is 23.5 Å². The number of fused-ring (bicyclic) bond motifs is 3. The van der Waals surface area contributed by atoms with E-state index >= 15 is 0 Å². The molecule has 0 atom stereocenters. The Hall–Kier alpha value is -4.28. The van der Waals surface area contributed by atoms with Gasteiger partial charge < -0.3 is 19.9 Å². The van der Waals surface area contributed by atoms with Crippen LogP contribution in [0.3, 0.4) is 0 Å². The van der Waals surface area contributed by atoms with E-state index in [2.05, 4.69) is 20.5 Å². The molecule has 0 spiro atoms. The minimum atomic E-state index is -0.553. The van der Waals surface area contributed by atoms with Crippen LogP contribution in [0.2, 0.25) is 0 Å². The third-order valence-corrected chi connectivity index (χ3v) is 6.12. The monoisotopic (exact) mass is 489 g/mol. The van der Waals surface area contributed by atoms with Crippen molar-refractivity contribution < 1.29 is 14.3 Å². The molecule has 0 aliphatic carbocycles. The Labute approximate surface area is 206 Å². The van der Waals surface area contributed by atoms with E-state index in [4.69, 9.17) is 9.84 Å². The summed E-state index contributed by atoms with van der Waals surface area (Å²) in [6, 6.07) is 8.53. The van der Waals surface area contributed by atoms with Gasteiger partial charge in [0.05, 0.1) is 40.2 Å². The highest BCUT2D eigenvalue weighted by molar-refractivity contribution is 6.11. The molecule has 0 bridgehead atoms. The van der Waals surface area contributed by atoms with E-state index < -0.39 is 5.60 Å². The fourth-order valence-corrected chi connectivity index (χ4v) is 4.49. The Morgan fingerprint density at radius 3 is 2.61 bits per heavy atom. The number of nitrogens with zero attached hydrogens (tertiary/aromatic N) is 5. The van der Waals surface area contributed by atoms with Gasteiger partial charge in [0.1, 0.15) is 11.2 Å². The molecule has 1 fully saturated rings. The Morgan fingerprint density at radius 2 is 1.92 bits per heavy atom. The summed E-state index contributed by atoms with van der Waals surface area (Å²) >= 11 is 0. The fraction of sp³-hybridized carbons (Fsp3) is 0.360. The summed E-state index contributed by atoms with van der Waals surface area (Å²) in [6.07, 6.45) is 3.85. The molecule has 1 aliphatic heterocycles. The number of anilines is 1. The zero-order valence-electron chi connectivity index (χ0n) is 20.3. The van der Waals surface area contributed by atoms with E-state index in [9.17, 15) is 14.4 Å². The van der Waals surface area contributed by atoms with Crippen molar-refractivity contribution in [3.63, 3.8) is 0 Å². The maximum atomic E-state index is 12.7. The van der Waals surface area contributed by atoms with E-state index in [0.717, 1.165) is 5.69 Å². The Kier molecular flexibility index (Phi) is 5.91. The summed E-state index contributed by atoms with van der Waals surface area (Å²) in [6.45, 7) is 6.58. The molecule has 0 unspecified atom stereocenters. The van der Waals surface area contributed by atoms with Gasteiger partial charge in [-0.2, -0.15) is 15.3 Å². The van der Waals surface area contributed by atoms with Crippen molar-refractivity contribution in [2.24, 2.45) is 0 Å². The molecule has 0 saturated carbocycles. The van der Waals surface area contributed by atoms with E-state index in [0.29, 0.717) is 53.7 Å². The topological polar surface area (TPSA) is 135 Å². The second-order valence-corrected chi connectivity index (χ2v) is 9.85. The third-order valence-electron chi connectivity index (χ3n) is 6.12. The highest BCUT2D eigenvalue weighted by Gasteiger charge is 2.29. The lowest BCUT2D eigenvalue weighted by molar-refractivity contribution is 0.0203. The van der Waals surface area contributed by atoms with Gasteiger partial charge in [0, 0.05) is 25.1 Å². The van der Waals surface area contributed by atoms with Gasteiger partial charge in [0.2, 0.25) is 0 Å². The van der Waals surface area contributed by atoms with Crippen molar-refractivity contribution in [3.8, 4) is 0 Å². The van der Waals surface area contributed by atoms with Crippen molar-refractivity contribution >= 4 is 34.2 Å². The number of carbonyl (C=O) groups excluding carboxylic acids is 2. The molecule has 11 nitrogen and oxygen atoms in total. The zero-order valence-corrected chi connectivity index (χ0v) is 20.3. The van der Waals surface area contributed by atoms with Gasteiger partial charge >= 0.3 is 6.09 Å². The van der Waals surface area contributed by atoms with Crippen LogP contribution in [0.1, 0.15) is 55.6 Å². The van der Waals surface area contributed by atoms with Gasteiger partial charge in [-0.1, -0.05) is 6.07 Å². The average Bonchev–Trinajstić information content (AvgIpc) is 3.22. The fourth-order valence-electron chi connectivity index (χ4n) is 4.49. The molecule has 1 saturated heterocycles. The molecule has 11 heteroatoms. The lowest BCUT2D eigenvalue weighted by atomic mass is 9.93. The van der Waals surface area contributed by atoms with Crippen molar-refractivity contribution in [1.29, 1.82) is 0 Å². The first-order valence-electron chi connectivity index (χ1n) is 11.8. The molecule has 36 heavy (non-hydrogen) atoms. The van der Waals surface area contributed by atoms with Crippen molar-refractivity contribution in [2.45, 2.75) is 45.1 Å². The summed E-state index contributed by atoms with van der Waals surface area (Å²) < 4.78 is 7.24. The number of aromatic amines is 1. The van der Waals surface area contributed by atoms with Crippen molar-refractivity contribution in [2.75, 3.05) is 18.4 Å². The first-order valence-corrected chi connectivity index (χ1v) is 11.8. The number of H-pyrrole nitrogens is 1. The smallest absolute Gasteiger partial charge is 0.410 e. The summed E-state index contributed by atoms with van der Waals surface area (Å²) in [5.74, 6) is -0.312. The average molecular weight is 490 g/mol. The number of likely N-dealkylation sites (tertiary alicyclic amines) is 1. The molecule has 5 rings (SSSR count). The van der Waals surface area contributed by atoms with Crippen LogP contribution in [0, 0.1) is 0 Å². The number of amides is 2. The van der Waals surface area contributed by atoms with Crippen LogP contribution in [0.25, 0.3) is 16.6 Å². The lowest BCUT2D eigenvalue weighted by Gasteiger charge is -2.33. The molecule has 0 radical (unpaired) electrons. The summed E-state index contributed by atoms with van der Waals surface area (Å²) in [5.41, 5.74) is 1.99. The number of carbonyl (C=O) groups is 2. The summed E-state index contributed by atoms with van der Waals surface area (Å²) in [4.78, 5) is 42.5. The molecule has 2 N–H and O–H groups in total. The van der Waals surface area contributed by atoms with Crippen LogP contribution >= 0.6 is 0 Å². The SMILES string of the molecule is CC(C)(C)OC(=O)N1CCC(c2cc(=O)[nH]c3c4c(NC(=O)c5ccnnc5)cccc4nn23)CC1. The highest BCUT2D eigenvalue weighted by Crippen LogP contribution is 2.32.